The Morgan fingerprint density at radius 2 is 1.70 bits per heavy atom. The van der Waals surface area contributed by atoms with Crippen molar-refractivity contribution in [3.05, 3.63) is 41.7 Å². The Bertz CT molecular complexity index is 594. The summed E-state index contributed by atoms with van der Waals surface area (Å²) in [4.78, 5) is 8.63. The average Bonchev–Trinajstić information content (AvgIpc) is 2.38. The van der Waals surface area contributed by atoms with Gasteiger partial charge in [-0.25, -0.2) is 4.98 Å². The predicted octanol–water partition coefficient (Wildman–Crippen LogP) is 4.10. The lowest BCUT2D eigenvalue weighted by Crippen LogP contribution is -2.03. The lowest BCUT2D eigenvalue weighted by atomic mass is 10.0. The first-order valence-corrected chi connectivity index (χ1v) is 6.88. The maximum absolute atomic E-state index is 5.91. The Balaban J connectivity index is 2.35. The quantitative estimate of drug-likeness (QED) is 0.909. The molecule has 0 spiro atoms. The Hall–Kier alpha value is -2.10. The van der Waals surface area contributed by atoms with E-state index in [0.29, 0.717) is 23.4 Å². The fourth-order valence-corrected chi connectivity index (χ4v) is 1.93. The van der Waals surface area contributed by atoms with Crippen molar-refractivity contribution < 1.29 is 4.74 Å². The zero-order valence-electron chi connectivity index (χ0n) is 12.4. The van der Waals surface area contributed by atoms with Crippen molar-refractivity contribution in [1.82, 2.24) is 9.97 Å². The third-order valence-electron chi connectivity index (χ3n) is 3.01. The van der Waals surface area contributed by atoms with E-state index in [9.17, 15) is 0 Å². The van der Waals surface area contributed by atoms with Crippen LogP contribution in [0.5, 0.6) is 11.6 Å². The zero-order chi connectivity index (χ0) is 14.7. The van der Waals surface area contributed by atoms with Gasteiger partial charge in [0.2, 0.25) is 5.88 Å². The molecule has 2 rings (SSSR count). The van der Waals surface area contributed by atoms with Crippen molar-refractivity contribution >= 4 is 5.82 Å². The largest absolute Gasteiger partial charge is 0.439 e. The first-order valence-electron chi connectivity index (χ1n) is 6.88. The van der Waals surface area contributed by atoms with Gasteiger partial charge in [0, 0.05) is 12.0 Å². The van der Waals surface area contributed by atoms with Gasteiger partial charge in [-0.2, -0.15) is 4.98 Å². The van der Waals surface area contributed by atoms with Crippen LogP contribution in [0.2, 0.25) is 0 Å². The molecule has 0 radical (unpaired) electrons. The van der Waals surface area contributed by atoms with Gasteiger partial charge in [0.25, 0.3) is 0 Å². The number of hydrogen-bond acceptors (Lipinski definition) is 4. The molecular weight excluding hydrogens is 250 g/mol. The molecule has 0 saturated carbocycles. The molecule has 1 aromatic heterocycles. The Morgan fingerprint density at radius 1 is 1.00 bits per heavy atom. The molecule has 0 saturated heterocycles. The lowest BCUT2D eigenvalue weighted by molar-refractivity contribution is 0.449. The summed E-state index contributed by atoms with van der Waals surface area (Å²) >= 11 is 0. The highest BCUT2D eigenvalue weighted by molar-refractivity contribution is 5.40. The molecule has 1 aromatic carbocycles. The van der Waals surface area contributed by atoms with E-state index in [1.807, 2.05) is 32.0 Å². The number of nitrogens with zero attached hydrogens (tertiary/aromatic N) is 2. The first kappa shape index (κ1) is 14.3. The van der Waals surface area contributed by atoms with E-state index in [-0.39, 0.29) is 5.92 Å². The van der Waals surface area contributed by atoms with Gasteiger partial charge in [-0.3, -0.25) is 0 Å². The van der Waals surface area contributed by atoms with Gasteiger partial charge in [-0.15, -0.1) is 0 Å². The van der Waals surface area contributed by atoms with Crippen molar-refractivity contribution in [3.8, 4) is 11.6 Å². The van der Waals surface area contributed by atoms with Crippen LogP contribution in [-0.2, 0) is 0 Å². The van der Waals surface area contributed by atoms with E-state index in [4.69, 9.17) is 10.5 Å². The number of nitrogen functional groups attached to an aromatic ring is 1. The van der Waals surface area contributed by atoms with Gasteiger partial charge in [-0.1, -0.05) is 45.9 Å². The summed E-state index contributed by atoms with van der Waals surface area (Å²) < 4.78 is 5.91. The third-order valence-corrected chi connectivity index (χ3v) is 3.01. The summed E-state index contributed by atoms with van der Waals surface area (Å²) in [6, 6.07) is 9.63. The normalized spacial score (nSPS) is 11.1. The maximum atomic E-state index is 5.91. The number of ether oxygens (including phenoxy) is 1. The van der Waals surface area contributed by atoms with Gasteiger partial charge in [0.15, 0.2) is 0 Å². The number of anilines is 1. The van der Waals surface area contributed by atoms with E-state index in [1.165, 1.54) is 0 Å². The van der Waals surface area contributed by atoms with Crippen LogP contribution in [0.1, 0.15) is 50.9 Å². The number of benzene rings is 1. The Labute approximate surface area is 120 Å². The summed E-state index contributed by atoms with van der Waals surface area (Å²) in [7, 11) is 0. The molecule has 20 heavy (non-hydrogen) atoms. The Morgan fingerprint density at radius 3 is 2.35 bits per heavy atom. The van der Waals surface area contributed by atoms with Crippen LogP contribution in [0.15, 0.2) is 30.3 Å². The molecule has 0 bridgehead atoms. The van der Waals surface area contributed by atoms with Crippen molar-refractivity contribution in [2.24, 2.45) is 0 Å². The molecule has 0 amide bonds. The number of nitrogens with two attached hydrogens (primary N) is 1. The Kier molecular flexibility index (Phi) is 4.23. The van der Waals surface area contributed by atoms with Crippen LogP contribution in [-0.4, -0.2) is 9.97 Å². The molecule has 0 fully saturated rings. The van der Waals surface area contributed by atoms with Crippen LogP contribution in [0, 0.1) is 0 Å². The molecule has 0 aliphatic heterocycles. The summed E-state index contributed by atoms with van der Waals surface area (Å²) in [6.07, 6.45) is 0. The second-order valence-corrected chi connectivity index (χ2v) is 5.44. The van der Waals surface area contributed by atoms with E-state index < -0.39 is 0 Å². The number of hydrogen-bond donors (Lipinski definition) is 1. The van der Waals surface area contributed by atoms with Gasteiger partial charge in [-0.05, 0) is 17.5 Å². The monoisotopic (exact) mass is 271 g/mol. The SMILES string of the molecule is CC(C)c1nc(N)cc(Oc2ccccc2C(C)C)n1. The highest BCUT2D eigenvalue weighted by Gasteiger charge is 2.11. The minimum atomic E-state index is 0.209. The minimum absolute atomic E-state index is 0.209. The predicted molar refractivity (Wildman–Crippen MR) is 81.1 cm³/mol. The molecule has 106 valence electrons. The minimum Gasteiger partial charge on any atom is -0.439 e. The second-order valence-electron chi connectivity index (χ2n) is 5.44. The van der Waals surface area contributed by atoms with Crippen LogP contribution in [0.4, 0.5) is 5.82 Å². The van der Waals surface area contributed by atoms with Crippen LogP contribution >= 0.6 is 0 Å². The summed E-state index contributed by atoms with van der Waals surface area (Å²) in [5, 5.41) is 0. The summed E-state index contributed by atoms with van der Waals surface area (Å²) in [6.45, 7) is 8.33. The molecule has 2 aromatic rings. The standard InChI is InChI=1S/C16H21N3O/c1-10(2)12-7-5-6-8-13(12)20-15-9-14(17)18-16(19-15)11(3)4/h5-11H,1-4H3,(H2,17,18,19). The van der Waals surface area contributed by atoms with Gasteiger partial charge in [0.05, 0.1) is 0 Å². The number of para-hydroxylation sites is 1. The van der Waals surface area contributed by atoms with Crippen LogP contribution in [0.3, 0.4) is 0 Å². The van der Waals surface area contributed by atoms with Crippen molar-refractivity contribution in [3.63, 3.8) is 0 Å². The van der Waals surface area contributed by atoms with Crippen molar-refractivity contribution in [1.29, 1.82) is 0 Å². The molecule has 0 aliphatic carbocycles. The highest BCUT2D eigenvalue weighted by atomic mass is 16.5. The van der Waals surface area contributed by atoms with E-state index in [1.54, 1.807) is 6.07 Å². The fraction of sp³-hybridized carbons (Fsp3) is 0.375. The molecule has 0 atom stereocenters. The molecule has 0 unspecified atom stereocenters. The maximum Gasteiger partial charge on any atom is 0.224 e. The number of rotatable bonds is 4. The summed E-state index contributed by atoms with van der Waals surface area (Å²) in [5.74, 6) is 3.03. The third kappa shape index (κ3) is 3.26. The van der Waals surface area contributed by atoms with Crippen LogP contribution < -0.4 is 10.5 Å². The molecule has 4 nitrogen and oxygen atoms in total. The smallest absolute Gasteiger partial charge is 0.224 e. The molecule has 1 heterocycles. The molecule has 0 aliphatic rings. The average molecular weight is 271 g/mol. The van der Waals surface area contributed by atoms with E-state index >= 15 is 0 Å². The first-order chi connectivity index (χ1) is 9.47. The highest BCUT2D eigenvalue weighted by Crippen LogP contribution is 2.30. The van der Waals surface area contributed by atoms with Crippen molar-refractivity contribution in [2.75, 3.05) is 5.73 Å². The summed E-state index contributed by atoms with van der Waals surface area (Å²) in [5.41, 5.74) is 6.97. The second kappa shape index (κ2) is 5.90. The topological polar surface area (TPSA) is 61.0 Å². The van der Waals surface area contributed by atoms with Gasteiger partial charge in [0.1, 0.15) is 17.4 Å². The fourth-order valence-electron chi connectivity index (χ4n) is 1.93. The zero-order valence-corrected chi connectivity index (χ0v) is 12.4. The van der Waals surface area contributed by atoms with Crippen molar-refractivity contribution in [2.45, 2.75) is 39.5 Å². The van der Waals surface area contributed by atoms with Gasteiger partial charge < -0.3 is 10.5 Å². The van der Waals surface area contributed by atoms with Crippen LogP contribution in [0.25, 0.3) is 0 Å². The molecule has 2 N–H and O–H groups in total. The van der Waals surface area contributed by atoms with E-state index in [0.717, 1.165) is 11.3 Å². The number of aromatic nitrogens is 2. The van der Waals surface area contributed by atoms with E-state index in [2.05, 4.69) is 29.9 Å². The molecule has 4 heteroatoms. The lowest BCUT2D eigenvalue weighted by Gasteiger charge is -2.14. The molecular formula is C16H21N3O. The van der Waals surface area contributed by atoms with Gasteiger partial charge >= 0.3 is 0 Å².